The minimum absolute atomic E-state index is 0.0553. The molecule has 1 saturated heterocycles. The van der Waals surface area contributed by atoms with E-state index in [-0.39, 0.29) is 17.8 Å². The Labute approximate surface area is 127 Å². The lowest BCUT2D eigenvalue weighted by Gasteiger charge is -2.33. The molecule has 1 fully saturated rings. The van der Waals surface area contributed by atoms with E-state index in [1.54, 1.807) is 12.1 Å². The molecule has 5 heteroatoms. The third-order valence-electron chi connectivity index (χ3n) is 4.26. The second-order valence-corrected chi connectivity index (χ2v) is 6.87. The van der Waals surface area contributed by atoms with Crippen LogP contribution >= 0.6 is 11.3 Å². The van der Waals surface area contributed by atoms with Crippen LogP contribution in [-0.4, -0.2) is 29.9 Å². The Morgan fingerprint density at radius 2 is 2.10 bits per heavy atom. The molecule has 2 N–H and O–H groups in total. The molecule has 21 heavy (non-hydrogen) atoms. The number of piperidine rings is 1. The van der Waals surface area contributed by atoms with E-state index in [0.29, 0.717) is 10.8 Å². The Morgan fingerprint density at radius 3 is 2.76 bits per heavy atom. The number of hydrogen-bond acceptors (Lipinski definition) is 3. The molecule has 0 aliphatic carbocycles. The topological polar surface area (TPSA) is 46.3 Å². The maximum atomic E-state index is 13.2. The second kappa shape index (κ2) is 5.73. The van der Waals surface area contributed by atoms with Crippen molar-refractivity contribution in [3.8, 4) is 0 Å². The van der Waals surface area contributed by atoms with Gasteiger partial charge in [-0.25, -0.2) is 4.39 Å². The van der Waals surface area contributed by atoms with Crippen LogP contribution in [0.25, 0.3) is 10.1 Å². The zero-order valence-electron chi connectivity index (χ0n) is 12.0. The first-order valence-corrected chi connectivity index (χ1v) is 8.10. The fraction of sp³-hybridized carbons (Fsp3) is 0.438. The van der Waals surface area contributed by atoms with Crippen molar-refractivity contribution in [3.63, 3.8) is 0 Å². The average molecular weight is 306 g/mol. The summed E-state index contributed by atoms with van der Waals surface area (Å²) >= 11 is 1.43. The molecule has 3 rings (SSSR count). The number of nitrogens with two attached hydrogens (primary N) is 1. The van der Waals surface area contributed by atoms with Crippen molar-refractivity contribution < 1.29 is 9.18 Å². The van der Waals surface area contributed by atoms with Crippen molar-refractivity contribution in [3.05, 3.63) is 35.0 Å². The first-order valence-electron chi connectivity index (χ1n) is 7.28. The molecule has 0 spiro atoms. The molecule has 2 heterocycles. The lowest BCUT2D eigenvalue weighted by atomic mass is 9.91. The van der Waals surface area contributed by atoms with Gasteiger partial charge >= 0.3 is 0 Å². The molecule has 1 aliphatic heterocycles. The quantitative estimate of drug-likeness (QED) is 0.926. The number of fused-ring (bicyclic) bond motifs is 1. The summed E-state index contributed by atoms with van der Waals surface area (Å²) in [6.45, 7) is 3.55. The molecule has 1 amide bonds. The van der Waals surface area contributed by atoms with Gasteiger partial charge < -0.3 is 10.6 Å². The second-order valence-electron chi connectivity index (χ2n) is 5.78. The fourth-order valence-corrected chi connectivity index (χ4v) is 3.91. The van der Waals surface area contributed by atoms with Gasteiger partial charge in [-0.05, 0) is 55.3 Å². The largest absolute Gasteiger partial charge is 0.338 e. The number of benzene rings is 1. The number of rotatable bonds is 2. The van der Waals surface area contributed by atoms with Crippen LogP contribution in [0.2, 0.25) is 0 Å². The summed E-state index contributed by atoms with van der Waals surface area (Å²) in [5.41, 5.74) is 5.93. The SMILES string of the molecule is CC(N)C1CCN(C(=O)c2cc3cc(F)ccc3s2)CC1. The van der Waals surface area contributed by atoms with E-state index in [2.05, 4.69) is 0 Å². The van der Waals surface area contributed by atoms with Gasteiger partial charge in [0.1, 0.15) is 5.82 Å². The zero-order chi connectivity index (χ0) is 15.0. The summed E-state index contributed by atoms with van der Waals surface area (Å²) in [6.07, 6.45) is 1.92. The summed E-state index contributed by atoms with van der Waals surface area (Å²) in [5.74, 6) is 0.294. The van der Waals surface area contributed by atoms with Crippen LogP contribution in [0.3, 0.4) is 0 Å². The van der Waals surface area contributed by atoms with Crippen molar-refractivity contribution in [2.24, 2.45) is 11.7 Å². The Kier molecular flexibility index (Phi) is 3.95. The number of hydrogen-bond donors (Lipinski definition) is 1. The van der Waals surface area contributed by atoms with Gasteiger partial charge in [-0.2, -0.15) is 0 Å². The van der Waals surface area contributed by atoms with Crippen LogP contribution in [0, 0.1) is 11.7 Å². The van der Waals surface area contributed by atoms with Gasteiger partial charge in [-0.1, -0.05) is 0 Å². The van der Waals surface area contributed by atoms with Crippen molar-refractivity contribution in [1.82, 2.24) is 4.90 Å². The standard InChI is InChI=1S/C16H19FN2OS/c1-10(18)11-4-6-19(7-5-11)16(20)15-9-12-8-13(17)2-3-14(12)21-15/h2-3,8-11H,4-7,18H2,1H3. The summed E-state index contributed by atoms with van der Waals surface area (Å²) in [6, 6.07) is 6.62. The third-order valence-corrected chi connectivity index (χ3v) is 5.36. The molecule has 1 aromatic heterocycles. The highest BCUT2D eigenvalue weighted by Crippen LogP contribution is 2.28. The van der Waals surface area contributed by atoms with Crippen LogP contribution in [0.4, 0.5) is 4.39 Å². The Hall–Kier alpha value is -1.46. The molecule has 112 valence electrons. The molecule has 1 aliphatic rings. The highest BCUT2D eigenvalue weighted by Gasteiger charge is 2.26. The predicted molar refractivity (Wildman–Crippen MR) is 84.1 cm³/mol. The average Bonchev–Trinajstić information content (AvgIpc) is 2.89. The Balaban J connectivity index is 1.75. The highest BCUT2D eigenvalue weighted by molar-refractivity contribution is 7.20. The van der Waals surface area contributed by atoms with E-state index in [4.69, 9.17) is 5.73 Å². The summed E-state index contributed by atoms with van der Waals surface area (Å²) in [4.78, 5) is 15.1. The van der Waals surface area contributed by atoms with Crippen LogP contribution < -0.4 is 5.73 Å². The number of carbonyl (C=O) groups is 1. The van der Waals surface area contributed by atoms with Crippen molar-refractivity contribution in [2.45, 2.75) is 25.8 Å². The maximum Gasteiger partial charge on any atom is 0.263 e. The molecular weight excluding hydrogens is 287 g/mol. The van der Waals surface area contributed by atoms with E-state index in [1.165, 1.54) is 23.5 Å². The van der Waals surface area contributed by atoms with Gasteiger partial charge in [0.15, 0.2) is 0 Å². The van der Waals surface area contributed by atoms with Gasteiger partial charge in [0.2, 0.25) is 0 Å². The molecule has 1 unspecified atom stereocenters. The van der Waals surface area contributed by atoms with Gasteiger partial charge in [-0.3, -0.25) is 4.79 Å². The van der Waals surface area contributed by atoms with Gasteiger partial charge in [0.05, 0.1) is 4.88 Å². The predicted octanol–water partition coefficient (Wildman–Crippen LogP) is 3.24. The van der Waals surface area contributed by atoms with E-state index in [0.717, 1.165) is 36.0 Å². The van der Waals surface area contributed by atoms with Gasteiger partial charge in [0.25, 0.3) is 5.91 Å². The number of nitrogens with zero attached hydrogens (tertiary/aromatic N) is 1. The smallest absolute Gasteiger partial charge is 0.263 e. The summed E-state index contributed by atoms with van der Waals surface area (Å²) < 4.78 is 14.2. The van der Waals surface area contributed by atoms with E-state index < -0.39 is 0 Å². The lowest BCUT2D eigenvalue weighted by molar-refractivity contribution is 0.0686. The zero-order valence-corrected chi connectivity index (χ0v) is 12.8. The minimum Gasteiger partial charge on any atom is -0.338 e. The van der Waals surface area contributed by atoms with Gasteiger partial charge in [-0.15, -0.1) is 11.3 Å². The number of carbonyl (C=O) groups excluding carboxylic acids is 1. The molecular formula is C16H19FN2OS. The molecule has 3 nitrogen and oxygen atoms in total. The first-order chi connectivity index (χ1) is 10.0. The Bertz CT molecular complexity index is 659. The maximum absolute atomic E-state index is 13.2. The highest BCUT2D eigenvalue weighted by atomic mass is 32.1. The summed E-state index contributed by atoms with van der Waals surface area (Å²) in [5, 5.41) is 0.800. The van der Waals surface area contributed by atoms with Crippen LogP contribution in [-0.2, 0) is 0 Å². The normalized spacial score (nSPS) is 18.1. The molecule has 1 atom stereocenters. The number of thiophene rings is 1. The minimum atomic E-state index is -0.267. The molecule has 2 aromatic rings. The van der Waals surface area contributed by atoms with Gasteiger partial charge in [0, 0.05) is 23.8 Å². The van der Waals surface area contributed by atoms with Crippen molar-refractivity contribution >= 4 is 27.3 Å². The summed E-state index contributed by atoms with van der Waals surface area (Å²) in [7, 11) is 0. The first kappa shape index (κ1) is 14.5. The number of halogens is 1. The van der Waals surface area contributed by atoms with E-state index in [9.17, 15) is 9.18 Å². The molecule has 1 aromatic carbocycles. The van der Waals surface area contributed by atoms with Crippen LogP contribution in [0.5, 0.6) is 0 Å². The molecule has 0 bridgehead atoms. The third kappa shape index (κ3) is 2.94. The monoisotopic (exact) mass is 306 g/mol. The Morgan fingerprint density at radius 1 is 1.38 bits per heavy atom. The van der Waals surface area contributed by atoms with Crippen LogP contribution in [0.1, 0.15) is 29.4 Å². The van der Waals surface area contributed by atoms with Crippen LogP contribution in [0.15, 0.2) is 24.3 Å². The molecule has 0 radical (unpaired) electrons. The fourth-order valence-electron chi connectivity index (χ4n) is 2.90. The van der Waals surface area contributed by atoms with E-state index >= 15 is 0 Å². The lowest BCUT2D eigenvalue weighted by Crippen LogP contribution is -2.42. The molecule has 0 saturated carbocycles. The number of amides is 1. The van der Waals surface area contributed by atoms with Crippen molar-refractivity contribution in [2.75, 3.05) is 13.1 Å². The van der Waals surface area contributed by atoms with Crippen molar-refractivity contribution in [1.29, 1.82) is 0 Å². The van der Waals surface area contributed by atoms with E-state index in [1.807, 2.05) is 11.8 Å². The number of likely N-dealkylation sites (tertiary alicyclic amines) is 1.